The van der Waals surface area contributed by atoms with Gasteiger partial charge in [-0.05, 0) is 32.1 Å². The molecule has 2 unspecified atom stereocenters. The topological polar surface area (TPSA) is 78.7 Å². The number of nitrogens with zero attached hydrogens (tertiary/aromatic N) is 2. The van der Waals surface area contributed by atoms with Gasteiger partial charge in [-0.15, -0.1) is 0 Å². The summed E-state index contributed by atoms with van der Waals surface area (Å²) < 4.78 is 0. The zero-order valence-corrected chi connectivity index (χ0v) is 12.6. The summed E-state index contributed by atoms with van der Waals surface area (Å²) in [5.74, 6) is 0.412. The number of amides is 3. The molecule has 118 valence electrons. The largest absolute Gasteiger partial charge is 0.342 e. The Morgan fingerprint density at radius 3 is 2.52 bits per heavy atom. The minimum absolute atomic E-state index is 0.0537. The molecule has 0 radical (unpaired) electrons. The second kappa shape index (κ2) is 6.22. The smallest absolute Gasteiger partial charge is 0.317 e. The van der Waals surface area contributed by atoms with E-state index in [9.17, 15) is 9.59 Å². The zero-order chi connectivity index (χ0) is 14.8. The summed E-state index contributed by atoms with van der Waals surface area (Å²) in [6.07, 6.45) is 5.75. The summed E-state index contributed by atoms with van der Waals surface area (Å²) in [5, 5.41) is 2.85. The maximum absolute atomic E-state index is 12.6. The molecule has 3 aliphatic rings. The molecule has 6 heteroatoms. The van der Waals surface area contributed by atoms with Gasteiger partial charge in [0, 0.05) is 44.2 Å². The normalized spacial score (nSPS) is 31.4. The average molecular weight is 294 g/mol. The standard InChI is InChI=1S/C15H26N4O2/c16-12-3-1-2-11(10-12)14(20)18-7-4-13(5-8-18)19-9-6-17-15(19)21/h11-13H,1-10,16H2,(H,17,21). The fourth-order valence-electron chi connectivity index (χ4n) is 3.94. The Hall–Kier alpha value is -1.30. The molecule has 2 aliphatic heterocycles. The predicted octanol–water partition coefficient (Wildman–Crippen LogP) is 0.520. The van der Waals surface area contributed by atoms with Gasteiger partial charge in [-0.2, -0.15) is 0 Å². The first kappa shape index (κ1) is 14.6. The molecule has 21 heavy (non-hydrogen) atoms. The van der Waals surface area contributed by atoms with Crippen molar-refractivity contribution in [2.75, 3.05) is 26.2 Å². The van der Waals surface area contributed by atoms with Gasteiger partial charge in [0.2, 0.25) is 5.91 Å². The van der Waals surface area contributed by atoms with Crippen molar-refractivity contribution in [3.05, 3.63) is 0 Å². The lowest BCUT2D eigenvalue weighted by Gasteiger charge is -2.38. The number of hydrogen-bond acceptors (Lipinski definition) is 3. The van der Waals surface area contributed by atoms with Gasteiger partial charge < -0.3 is 20.9 Å². The summed E-state index contributed by atoms with van der Waals surface area (Å²) in [5.41, 5.74) is 5.99. The van der Waals surface area contributed by atoms with Crippen LogP contribution in [-0.2, 0) is 4.79 Å². The highest BCUT2D eigenvalue weighted by atomic mass is 16.2. The number of carbonyl (C=O) groups excluding carboxylic acids is 2. The van der Waals surface area contributed by atoms with E-state index in [0.717, 1.165) is 64.7 Å². The zero-order valence-electron chi connectivity index (χ0n) is 12.6. The minimum Gasteiger partial charge on any atom is -0.342 e. The van der Waals surface area contributed by atoms with E-state index in [1.807, 2.05) is 9.80 Å². The van der Waals surface area contributed by atoms with E-state index in [2.05, 4.69) is 5.32 Å². The van der Waals surface area contributed by atoms with Gasteiger partial charge in [-0.3, -0.25) is 4.79 Å². The van der Waals surface area contributed by atoms with E-state index >= 15 is 0 Å². The minimum atomic E-state index is 0.0537. The van der Waals surface area contributed by atoms with Crippen LogP contribution in [0.2, 0.25) is 0 Å². The van der Waals surface area contributed by atoms with Crippen molar-refractivity contribution in [1.82, 2.24) is 15.1 Å². The van der Waals surface area contributed by atoms with Gasteiger partial charge in [0.25, 0.3) is 0 Å². The van der Waals surface area contributed by atoms with Crippen LogP contribution in [0.4, 0.5) is 4.79 Å². The summed E-state index contributed by atoms with van der Waals surface area (Å²) in [7, 11) is 0. The SMILES string of the molecule is NC1CCCC(C(=O)N2CCC(N3CCNC3=O)CC2)C1. The lowest BCUT2D eigenvalue weighted by Crippen LogP contribution is -2.49. The van der Waals surface area contributed by atoms with Crippen molar-refractivity contribution in [2.24, 2.45) is 11.7 Å². The summed E-state index contributed by atoms with van der Waals surface area (Å²) >= 11 is 0. The Labute approximate surface area is 126 Å². The maximum Gasteiger partial charge on any atom is 0.317 e. The molecule has 0 aromatic rings. The molecule has 0 aromatic heterocycles. The van der Waals surface area contributed by atoms with Crippen LogP contribution in [0.15, 0.2) is 0 Å². The highest BCUT2D eigenvalue weighted by Gasteiger charge is 2.34. The predicted molar refractivity (Wildman–Crippen MR) is 79.6 cm³/mol. The van der Waals surface area contributed by atoms with Gasteiger partial charge in [-0.25, -0.2) is 4.79 Å². The monoisotopic (exact) mass is 294 g/mol. The first-order valence-electron chi connectivity index (χ1n) is 8.24. The first-order chi connectivity index (χ1) is 10.1. The average Bonchev–Trinajstić information content (AvgIpc) is 2.93. The van der Waals surface area contributed by atoms with Crippen LogP contribution in [0.5, 0.6) is 0 Å². The van der Waals surface area contributed by atoms with E-state index in [0.29, 0.717) is 6.04 Å². The Kier molecular flexibility index (Phi) is 4.33. The molecule has 1 aliphatic carbocycles. The summed E-state index contributed by atoms with van der Waals surface area (Å²) in [4.78, 5) is 28.2. The third-order valence-corrected chi connectivity index (χ3v) is 5.17. The van der Waals surface area contributed by atoms with Crippen molar-refractivity contribution < 1.29 is 9.59 Å². The number of urea groups is 1. The van der Waals surface area contributed by atoms with E-state index in [-0.39, 0.29) is 23.9 Å². The third-order valence-electron chi connectivity index (χ3n) is 5.17. The molecule has 2 heterocycles. The molecule has 6 nitrogen and oxygen atoms in total. The van der Waals surface area contributed by atoms with Crippen molar-refractivity contribution in [2.45, 2.75) is 50.6 Å². The molecule has 3 N–H and O–H groups in total. The highest BCUT2D eigenvalue weighted by molar-refractivity contribution is 5.79. The number of likely N-dealkylation sites (tertiary alicyclic amines) is 1. The van der Waals surface area contributed by atoms with Crippen LogP contribution in [0, 0.1) is 5.92 Å². The van der Waals surface area contributed by atoms with Crippen molar-refractivity contribution in [1.29, 1.82) is 0 Å². The van der Waals surface area contributed by atoms with Crippen LogP contribution in [0.1, 0.15) is 38.5 Å². The van der Waals surface area contributed by atoms with Crippen molar-refractivity contribution in [3.63, 3.8) is 0 Å². The molecular formula is C15H26N4O2. The van der Waals surface area contributed by atoms with E-state index in [1.54, 1.807) is 0 Å². The molecule has 0 bridgehead atoms. The molecule has 2 atom stereocenters. The van der Waals surface area contributed by atoms with Gasteiger partial charge in [0.15, 0.2) is 0 Å². The molecule has 2 saturated heterocycles. The lowest BCUT2D eigenvalue weighted by molar-refractivity contribution is -0.138. The van der Waals surface area contributed by atoms with Crippen LogP contribution in [-0.4, -0.2) is 60.0 Å². The van der Waals surface area contributed by atoms with E-state index in [4.69, 9.17) is 5.73 Å². The number of carbonyl (C=O) groups is 2. The van der Waals surface area contributed by atoms with Crippen molar-refractivity contribution >= 4 is 11.9 Å². The lowest BCUT2D eigenvalue weighted by atomic mass is 9.85. The molecule has 3 rings (SSSR count). The molecule has 0 spiro atoms. The second-order valence-electron chi connectivity index (χ2n) is 6.61. The summed E-state index contributed by atoms with van der Waals surface area (Å²) in [6.45, 7) is 3.10. The molecule has 1 saturated carbocycles. The van der Waals surface area contributed by atoms with Crippen molar-refractivity contribution in [3.8, 4) is 0 Å². The number of nitrogens with two attached hydrogens (primary N) is 1. The number of hydrogen-bond donors (Lipinski definition) is 2. The van der Waals surface area contributed by atoms with Crippen LogP contribution >= 0.6 is 0 Å². The van der Waals surface area contributed by atoms with Gasteiger partial charge in [0.05, 0.1) is 0 Å². The number of piperidine rings is 1. The Morgan fingerprint density at radius 2 is 1.90 bits per heavy atom. The Morgan fingerprint density at radius 1 is 1.14 bits per heavy atom. The van der Waals surface area contributed by atoms with Crippen LogP contribution < -0.4 is 11.1 Å². The number of rotatable bonds is 2. The quantitative estimate of drug-likeness (QED) is 0.779. The number of nitrogens with one attached hydrogen (secondary N) is 1. The molecular weight excluding hydrogens is 268 g/mol. The fraction of sp³-hybridized carbons (Fsp3) is 0.867. The van der Waals surface area contributed by atoms with Crippen LogP contribution in [0.3, 0.4) is 0 Å². The highest BCUT2D eigenvalue weighted by Crippen LogP contribution is 2.27. The third kappa shape index (κ3) is 3.15. The summed E-state index contributed by atoms with van der Waals surface area (Å²) in [6, 6.07) is 0.543. The fourth-order valence-corrected chi connectivity index (χ4v) is 3.94. The Bertz CT molecular complexity index is 406. The molecule has 3 fully saturated rings. The maximum atomic E-state index is 12.6. The molecule has 3 amide bonds. The van der Waals surface area contributed by atoms with E-state index < -0.39 is 0 Å². The Balaban J connectivity index is 1.51. The van der Waals surface area contributed by atoms with Gasteiger partial charge >= 0.3 is 6.03 Å². The van der Waals surface area contributed by atoms with Gasteiger partial charge in [0.1, 0.15) is 0 Å². The first-order valence-corrected chi connectivity index (χ1v) is 8.24. The second-order valence-corrected chi connectivity index (χ2v) is 6.61. The van der Waals surface area contributed by atoms with E-state index in [1.165, 1.54) is 0 Å². The van der Waals surface area contributed by atoms with Crippen LogP contribution in [0.25, 0.3) is 0 Å². The van der Waals surface area contributed by atoms with Gasteiger partial charge in [-0.1, -0.05) is 6.42 Å². The molecule has 0 aromatic carbocycles.